The third-order valence-corrected chi connectivity index (χ3v) is 2.97. The Labute approximate surface area is 130 Å². The summed E-state index contributed by atoms with van der Waals surface area (Å²) in [5, 5.41) is 8.48. The van der Waals surface area contributed by atoms with Crippen molar-refractivity contribution in [1.29, 1.82) is 0 Å². The quantitative estimate of drug-likeness (QED) is 0.342. The maximum absolute atomic E-state index is 10.3. The lowest BCUT2D eigenvalue weighted by Crippen LogP contribution is -1.92. The van der Waals surface area contributed by atoms with E-state index in [1.807, 2.05) is 0 Å². The molecule has 0 bridgehead atoms. The van der Waals surface area contributed by atoms with Crippen LogP contribution < -0.4 is 0 Å². The predicted octanol–water partition coefficient (Wildman–Crippen LogP) is 5.83. The van der Waals surface area contributed by atoms with Crippen LogP contribution in [0.2, 0.25) is 0 Å². The number of rotatable bonds is 13. The summed E-state index contributed by atoms with van der Waals surface area (Å²) >= 11 is 0. The van der Waals surface area contributed by atoms with Crippen molar-refractivity contribution < 1.29 is 9.90 Å². The van der Waals surface area contributed by atoms with Crippen LogP contribution in [0.15, 0.2) is 48.6 Å². The molecule has 0 heterocycles. The molecule has 1 N–H and O–H groups in total. The molecule has 0 unspecified atom stereocenters. The Morgan fingerprint density at radius 1 is 0.762 bits per heavy atom. The lowest BCUT2D eigenvalue weighted by atomic mass is 10.2. The number of carboxylic acids is 1. The third-order valence-electron chi connectivity index (χ3n) is 2.97. The summed E-state index contributed by atoms with van der Waals surface area (Å²) in [4.78, 5) is 10.3. The van der Waals surface area contributed by atoms with E-state index in [0.717, 1.165) is 32.1 Å². The van der Waals surface area contributed by atoms with Gasteiger partial charge in [0.15, 0.2) is 0 Å². The maximum Gasteiger partial charge on any atom is 0.303 e. The molecule has 21 heavy (non-hydrogen) atoms. The number of carboxylic acid groups (broad SMARTS) is 1. The van der Waals surface area contributed by atoms with Gasteiger partial charge >= 0.3 is 5.97 Å². The minimum Gasteiger partial charge on any atom is -0.481 e. The van der Waals surface area contributed by atoms with Crippen molar-refractivity contribution in [3.8, 4) is 0 Å². The highest BCUT2D eigenvalue weighted by Gasteiger charge is 1.92. The third kappa shape index (κ3) is 18.4. The second-order valence-electron chi connectivity index (χ2n) is 5.02. The normalized spacial score (nSPS) is 12.4. The molecule has 0 rings (SSSR count). The molecule has 0 aromatic carbocycles. The molecule has 0 amide bonds. The SMILES string of the molecule is CCCC/C=C\C/C=C\C/C=C\C/C=C\CCCC(=O)O. The van der Waals surface area contributed by atoms with Crippen LogP contribution in [-0.2, 0) is 4.79 Å². The van der Waals surface area contributed by atoms with Crippen LogP contribution in [-0.4, -0.2) is 11.1 Å². The average Bonchev–Trinajstić information content (AvgIpc) is 2.46. The summed E-state index contributed by atoms with van der Waals surface area (Å²) in [6, 6.07) is 0. The molecule has 0 aliphatic carbocycles. The van der Waals surface area contributed by atoms with E-state index in [4.69, 9.17) is 5.11 Å². The van der Waals surface area contributed by atoms with E-state index < -0.39 is 5.97 Å². The van der Waals surface area contributed by atoms with Gasteiger partial charge in [-0.25, -0.2) is 0 Å². The zero-order valence-electron chi connectivity index (χ0n) is 13.3. The summed E-state index contributed by atoms with van der Waals surface area (Å²) in [5.74, 6) is -0.713. The lowest BCUT2D eigenvalue weighted by molar-refractivity contribution is -0.137. The van der Waals surface area contributed by atoms with Crippen molar-refractivity contribution >= 4 is 5.97 Å². The summed E-state index contributed by atoms with van der Waals surface area (Å²) in [6.45, 7) is 2.21. The van der Waals surface area contributed by atoms with Crippen molar-refractivity contribution in [2.24, 2.45) is 0 Å². The first-order valence-corrected chi connectivity index (χ1v) is 8.09. The van der Waals surface area contributed by atoms with Gasteiger partial charge in [0.2, 0.25) is 0 Å². The molecular formula is C19H30O2. The monoisotopic (exact) mass is 290 g/mol. The number of carbonyl (C=O) groups is 1. The molecule has 0 saturated carbocycles. The van der Waals surface area contributed by atoms with Gasteiger partial charge in [-0.1, -0.05) is 68.4 Å². The summed E-state index contributed by atoms with van der Waals surface area (Å²) < 4.78 is 0. The Hall–Kier alpha value is -1.57. The molecule has 2 nitrogen and oxygen atoms in total. The Kier molecular flexibility index (Phi) is 15.3. The Bertz CT molecular complexity index is 349. The van der Waals surface area contributed by atoms with E-state index in [9.17, 15) is 4.79 Å². The van der Waals surface area contributed by atoms with Crippen molar-refractivity contribution in [3.05, 3.63) is 48.6 Å². The first kappa shape index (κ1) is 19.4. The molecule has 0 atom stereocenters. The fourth-order valence-corrected chi connectivity index (χ4v) is 1.74. The molecule has 118 valence electrons. The van der Waals surface area contributed by atoms with Gasteiger partial charge < -0.3 is 5.11 Å². The number of hydrogen-bond acceptors (Lipinski definition) is 1. The average molecular weight is 290 g/mol. The molecular weight excluding hydrogens is 260 g/mol. The smallest absolute Gasteiger partial charge is 0.303 e. The predicted molar refractivity (Wildman–Crippen MR) is 91.4 cm³/mol. The van der Waals surface area contributed by atoms with Crippen molar-refractivity contribution in [2.45, 2.75) is 64.7 Å². The van der Waals surface area contributed by atoms with Gasteiger partial charge in [-0.05, 0) is 38.5 Å². The highest BCUT2D eigenvalue weighted by atomic mass is 16.4. The molecule has 0 aromatic heterocycles. The Morgan fingerprint density at radius 3 is 1.62 bits per heavy atom. The van der Waals surface area contributed by atoms with Gasteiger partial charge in [0.05, 0.1) is 0 Å². The van der Waals surface area contributed by atoms with Crippen LogP contribution >= 0.6 is 0 Å². The van der Waals surface area contributed by atoms with Crippen LogP contribution in [0.3, 0.4) is 0 Å². The van der Waals surface area contributed by atoms with E-state index in [2.05, 4.69) is 55.5 Å². The van der Waals surface area contributed by atoms with Gasteiger partial charge in [-0.2, -0.15) is 0 Å². The van der Waals surface area contributed by atoms with Gasteiger partial charge in [-0.15, -0.1) is 0 Å². The van der Waals surface area contributed by atoms with Crippen molar-refractivity contribution in [3.63, 3.8) is 0 Å². The Balaban J connectivity index is 3.41. The number of unbranched alkanes of at least 4 members (excludes halogenated alkanes) is 3. The van der Waals surface area contributed by atoms with Gasteiger partial charge in [0.25, 0.3) is 0 Å². The minimum atomic E-state index is -0.713. The summed E-state index contributed by atoms with van der Waals surface area (Å²) in [6.07, 6.45) is 25.9. The fraction of sp³-hybridized carbons (Fsp3) is 0.526. The zero-order chi connectivity index (χ0) is 15.6. The fourth-order valence-electron chi connectivity index (χ4n) is 1.74. The molecule has 0 saturated heterocycles. The second-order valence-corrected chi connectivity index (χ2v) is 5.02. The van der Waals surface area contributed by atoms with Gasteiger partial charge in [-0.3, -0.25) is 4.79 Å². The summed E-state index contributed by atoms with van der Waals surface area (Å²) in [5.41, 5.74) is 0. The number of aliphatic carboxylic acids is 1. The standard InChI is InChI=1S/C19H30O2/c1-2-3-4-5-6-7-8-9-10-11-12-13-14-15-16-17-18-19(20)21/h5-6,8-9,11-12,14-15H,2-4,7,10,13,16-18H2,1H3,(H,20,21)/b6-5-,9-8-,12-11-,15-14-. The van der Waals surface area contributed by atoms with Crippen LogP contribution in [0.1, 0.15) is 64.7 Å². The summed E-state index contributed by atoms with van der Waals surface area (Å²) in [7, 11) is 0. The molecule has 2 heteroatoms. The van der Waals surface area contributed by atoms with Gasteiger partial charge in [0, 0.05) is 6.42 Å². The molecule has 0 aliphatic heterocycles. The Morgan fingerprint density at radius 2 is 1.19 bits per heavy atom. The second kappa shape index (κ2) is 16.5. The molecule has 0 aliphatic rings. The molecule has 0 radical (unpaired) electrons. The molecule has 0 fully saturated rings. The van der Waals surface area contributed by atoms with Crippen LogP contribution in [0.5, 0.6) is 0 Å². The maximum atomic E-state index is 10.3. The lowest BCUT2D eigenvalue weighted by Gasteiger charge is -1.90. The molecule has 0 spiro atoms. The topological polar surface area (TPSA) is 37.3 Å². The minimum absolute atomic E-state index is 0.262. The van der Waals surface area contributed by atoms with E-state index in [1.165, 1.54) is 19.3 Å². The first-order chi connectivity index (χ1) is 10.3. The van der Waals surface area contributed by atoms with Gasteiger partial charge in [0.1, 0.15) is 0 Å². The van der Waals surface area contributed by atoms with Crippen LogP contribution in [0, 0.1) is 0 Å². The molecule has 0 aromatic rings. The first-order valence-electron chi connectivity index (χ1n) is 8.09. The van der Waals surface area contributed by atoms with E-state index >= 15 is 0 Å². The van der Waals surface area contributed by atoms with Crippen molar-refractivity contribution in [1.82, 2.24) is 0 Å². The zero-order valence-corrected chi connectivity index (χ0v) is 13.3. The highest BCUT2D eigenvalue weighted by molar-refractivity contribution is 5.66. The van der Waals surface area contributed by atoms with E-state index in [1.54, 1.807) is 0 Å². The number of allylic oxidation sites excluding steroid dienone is 8. The highest BCUT2D eigenvalue weighted by Crippen LogP contribution is 1.99. The van der Waals surface area contributed by atoms with Crippen molar-refractivity contribution in [2.75, 3.05) is 0 Å². The van der Waals surface area contributed by atoms with E-state index in [-0.39, 0.29) is 6.42 Å². The van der Waals surface area contributed by atoms with Crippen LogP contribution in [0.4, 0.5) is 0 Å². The number of hydrogen-bond donors (Lipinski definition) is 1. The largest absolute Gasteiger partial charge is 0.481 e. The van der Waals surface area contributed by atoms with E-state index in [0.29, 0.717) is 0 Å². The van der Waals surface area contributed by atoms with Crippen LogP contribution in [0.25, 0.3) is 0 Å².